The molecule has 6 nitrogen and oxygen atoms in total. The van der Waals surface area contributed by atoms with Crippen LogP contribution in [0.5, 0.6) is 0 Å². The number of hydrogen-bond acceptors (Lipinski definition) is 5. The topological polar surface area (TPSA) is 82.8 Å². The Morgan fingerprint density at radius 3 is 2.48 bits per heavy atom. The SMILES string of the molecule is CC(=O)N[C@@H]1CCCOC1OCC(C)(C)COCC(C)(C)CN. The van der Waals surface area contributed by atoms with Gasteiger partial charge in [-0.2, -0.15) is 0 Å². The number of nitrogens with two attached hydrogens (primary N) is 1. The fourth-order valence-electron chi connectivity index (χ4n) is 2.33. The molecular weight excluding hydrogens is 296 g/mol. The van der Waals surface area contributed by atoms with E-state index in [0.717, 1.165) is 12.8 Å². The van der Waals surface area contributed by atoms with Crippen molar-refractivity contribution in [2.45, 2.75) is 59.8 Å². The minimum absolute atomic E-state index is 0.0140. The number of nitrogens with one attached hydrogen (secondary N) is 1. The highest BCUT2D eigenvalue weighted by molar-refractivity contribution is 5.73. The average Bonchev–Trinajstić information content (AvgIpc) is 2.45. The third kappa shape index (κ3) is 8.11. The van der Waals surface area contributed by atoms with E-state index >= 15 is 0 Å². The van der Waals surface area contributed by atoms with Gasteiger partial charge in [0.05, 0.1) is 25.9 Å². The first kappa shape index (κ1) is 20.4. The van der Waals surface area contributed by atoms with Gasteiger partial charge in [-0.05, 0) is 19.4 Å². The maximum Gasteiger partial charge on any atom is 0.217 e. The molecule has 1 aliphatic heterocycles. The van der Waals surface area contributed by atoms with E-state index in [0.29, 0.717) is 33.0 Å². The molecule has 0 aliphatic carbocycles. The van der Waals surface area contributed by atoms with Crippen molar-refractivity contribution in [1.29, 1.82) is 0 Å². The van der Waals surface area contributed by atoms with Gasteiger partial charge < -0.3 is 25.3 Å². The molecule has 0 spiro atoms. The molecule has 23 heavy (non-hydrogen) atoms. The first-order chi connectivity index (χ1) is 10.7. The van der Waals surface area contributed by atoms with Gasteiger partial charge in [-0.3, -0.25) is 4.79 Å². The van der Waals surface area contributed by atoms with Crippen molar-refractivity contribution in [2.24, 2.45) is 16.6 Å². The zero-order chi connectivity index (χ0) is 17.5. The van der Waals surface area contributed by atoms with E-state index in [1.165, 1.54) is 6.92 Å². The van der Waals surface area contributed by atoms with Gasteiger partial charge in [0, 0.05) is 24.4 Å². The highest BCUT2D eigenvalue weighted by atomic mass is 16.7. The summed E-state index contributed by atoms with van der Waals surface area (Å²) in [6.45, 7) is 12.9. The molecule has 0 aromatic carbocycles. The molecule has 1 amide bonds. The molecule has 2 atom stereocenters. The highest BCUT2D eigenvalue weighted by Gasteiger charge is 2.30. The lowest BCUT2D eigenvalue weighted by Crippen LogP contribution is -2.48. The van der Waals surface area contributed by atoms with Crippen molar-refractivity contribution in [3.05, 3.63) is 0 Å². The molecule has 0 saturated carbocycles. The molecule has 1 unspecified atom stereocenters. The first-order valence-electron chi connectivity index (χ1n) is 8.43. The van der Waals surface area contributed by atoms with Crippen LogP contribution in [-0.2, 0) is 19.0 Å². The number of amides is 1. The van der Waals surface area contributed by atoms with Crippen molar-refractivity contribution in [3.8, 4) is 0 Å². The standard InChI is InChI=1S/C17H34N2O4/c1-13(20)19-14-7-6-8-22-15(14)23-12-17(4,5)11-21-10-16(2,3)9-18/h14-15H,6-12,18H2,1-5H3,(H,19,20)/t14-,15?/m1/s1. The lowest BCUT2D eigenvalue weighted by atomic mass is 9.94. The summed E-state index contributed by atoms with van der Waals surface area (Å²) >= 11 is 0. The van der Waals surface area contributed by atoms with Crippen LogP contribution in [0.1, 0.15) is 47.5 Å². The van der Waals surface area contributed by atoms with E-state index in [2.05, 4.69) is 33.0 Å². The largest absolute Gasteiger partial charge is 0.380 e. The van der Waals surface area contributed by atoms with Crippen molar-refractivity contribution >= 4 is 5.91 Å². The Hall–Kier alpha value is -0.690. The van der Waals surface area contributed by atoms with E-state index in [1.54, 1.807) is 0 Å². The fraction of sp³-hybridized carbons (Fsp3) is 0.941. The Morgan fingerprint density at radius 1 is 1.22 bits per heavy atom. The molecular formula is C17H34N2O4. The summed E-state index contributed by atoms with van der Waals surface area (Å²) in [5.74, 6) is -0.0549. The second-order valence-electron chi connectivity index (χ2n) is 8.02. The maximum absolute atomic E-state index is 11.3. The molecule has 0 aromatic heterocycles. The van der Waals surface area contributed by atoms with Crippen LogP contribution in [-0.4, -0.2) is 51.2 Å². The monoisotopic (exact) mass is 330 g/mol. The van der Waals surface area contributed by atoms with Crippen LogP contribution in [0.15, 0.2) is 0 Å². The smallest absolute Gasteiger partial charge is 0.217 e. The minimum Gasteiger partial charge on any atom is -0.380 e. The summed E-state index contributed by atoms with van der Waals surface area (Å²) in [6, 6.07) is -0.0749. The van der Waals surface area contributed by atoms with Gasteiger partial charge in [-0.1, -0.05) is 27.7 Å². The number of carbonyl (C=O) groups excluding carboxylic acids is 1. The van der Waals surface area contributed by atoms with Crippen molar-refractivity contribution < 1.29 is 19.0 Å². The van der Waals surface area contributed by atoms with Crippen LogP contribution in [0.25, 0.3) is 0 Å². The Bertz CT molecular complexity index is 372. The zero-order valence-electron chi connectivity index (χ0n) is 15.3. The summed E-state index contributed by atoms with van der Waals surface area (Å²) < 4.78 is 17.4. The van der Waals surface area contributed by atoms with Gasteiger partial charge in [-0.15, -0.1) is 0 Å². The number of ether oxygens (including phenoxy) is 3. The van der Waals surface area contributed by atoms with Crippen molar-refractivity contribution in [2.75, 3.05) is 33.0 Å². The number of rotatable bonds is 9. The second-order valence-corrected chi connectivity index (χ2v) is 8.02. The third-order valence-electron chi connectivity index (χ3n) is 3.84. The quantitative estimate of drug-likeness (QED) is 0.672. The summed E-state index contributed by atoms with van der Waals surface area (Å²) in [7, 11) is 0. The van der Waals surface area contributed by atoms with E-state index in [9.17, 15) is 4.79 Å². The third-order valence-corrected chi connectivity index (χ3v) is 3.84. The van der Waals surface area contributed by atoms with Crippen LogP contribution in [0, 0.1) is 10.8 Å². The highest BCUT2D eigenvalue weighted by Crippen LogP contribution is 2.22. The molecule has 1 rings (SSSR count). The summed E-state index contributed by atoms with van der Waals surface area (Å²) in [5, 5.41) is 2.90. The molecule has 136 valence electrons. The van der Waals surface area contributed by atoms with Crippen molar-refractivity contribution in [3.63, 3.8) is 0 Å². The van der Waals surface area contributed by atoms with E-state index < -0.39 is 0 Å². The predicted octanol–water partition coefficient (Wildman–Crippen LogP) is 1.67. The second kappa shape index (κ2) is 8.97. The van der Waals surface area contributed by atoms with Crippen LogP contribution in [0.2, 0.25) is 0 Å². The lowest BCUT2D eigenvalue weighted by Gasteiger charge is -2.35. The first-order valence-corrected chi connectivity index (χ1v) is 8.43. The molecule has 0 radical (unpaired) electrons. The van der Waals surface area contributed by atoms with Gasteiger partial charge in [0.2, 0.25) is 5.91 Å². The minimum atomic E-state index is -0.382. The molecule has 6 heteroatoms. The Kier molecular flexibility index (Phi) is 7.94. The van der Waals surface area contributed by atoms with Crippen LogP contribution < -0.4 is 11.1 Å². The molecule has 0 aromatic rings. The summed E-state index contributed by atoms with van der Waals surface area (Å²) in [4.78, 5) is 11.3. The van der Waals surface area contributed by atoms with Crippen LogP contribution >= 0.6 is 0 Å². The molecule has 1 aliphatic rings. The summed E-state index contributed by atoms with van der Waals surface area (Å²) in [5.41, 5.74) is 5.56. The van der Waals surface area contributed by atoms with Gasteiger partial charge >= 0.3 is 0 Å². The fourth-order valence-corrected chi connectivity index (χ4v) is 2.33. The van der Waals surface area contributed by atoms with Crippen LogP contribution in [0.3, 0.4) is 0 Å². The average molecular weight is 330 g/mol. The lowest BCUT2D eigenvalue weighted by molar-refractivity contribution is -0.195. The molecule has 3 N–H and O–H groups in total. The van der Waals surface area contributed by atoms with Gasteiger partial charge in [0.15, 0.2) is 6.29 Å². The predicted molar refractivity (Wildman–Crippen MR) is 90.0 cm³/mol. The maximum atomic E-state index is 11.3. The number of hydrogen-bond donors (Lipinski definition) is 2. The molecule has 1 heterocycles. The van der Waals surface area contributed by atoms with E-state index in [1.807, 2.05) is 0 Å². The van der Waals surface area contributed by atoms with E-state index in [4.69, 9.17) is 19.9 Å². The van der Waals surface area contributed by atoms with Gasteiger partial charge in [-0.25, -0.2) is 0 Å². The molecule has 1 fully saturated rings. The van der Waals surface area contributed by atoms with Crippen LogP contribution in [0.4, 0.5) is 0 Å². The summed E-state index contributed by atoms with van der Waals surface area (Å²) in [6.07, 6.45) is 1.43. The molecule has 0 bridgehead atoms. The van der Waals surface area contributed by atoms with Gasteiger partial charge in [0.25, 0.3) is 0 Å². The van der Waals surface area contributed by atoms with E-state index in [-0.39, 0.29) is 29.1 Å². The Morgan fingerprint density at radius 2 is 1.87 bits per heavy atom. The zero-order valence-corrected chi connectivity index (χ0v) is 15.3. The Labute approximate surface area is 140 Å². The van der Waals surface area contributed by atoms with Crippen molar-refractivity contribution in [1.82, 2.24) is 5.32 Å². The van der Waals surface area contributed by atoms with Gasteiger partial charge in [0.1, 0.15) is 0 Å². The normalized spacial score (nSPS) is 22.9. The number of carbonyl (C=O) groups is 1. The molecule has 1 saturated heterocycles. The Balaban J connectivity index is 2.39.